The maximum absolute atomic E-state index is 12.0. The summed E-state index contributed by atoms with van der Waals surface area (Å²) >= 11 is 1.36. The van der Waals surface area contributed by atoms with Crippen molar-refractivity contribution in [2.75, 3.05) is 11.1 Å². The molecule has 0 bridgehead atoms. The predicted octanol–water partition coefficient (Wildman–Crippen LogP) is 3.72. The summed E-state index contributed by atoms with van der Waals surface area (Å²) in [6.45, 7) is 0. The van der Waals surface area contributed by atoms with Gasteiger partial charge < -0.3 is 9.88 Å². The molecule has 0 aliphatic heterocycles. The van der Waals surface area contributed by atoms with Crippen LogP contribution >= 0.6 is 11.8 Å². The second-order valence-electron chi connectivity index (χ2n) is 5.43. The summed E-state index contributed by atoms with van der Waals surface area (Å²) in [7, 11) is 1.85. The van der Waals surface area contributed by atoms with Gasteiger partial charge in [0.1, 0.15) is 6.33 Å². The van der Waals surface area contributed by atoms with Crippen molar-refractivity contribution in [1.82, 2.24) is 14.8 Å². The number of rotatable bonds is 6. The molecule has 1 aromatic heterocycles. The predicted molar refractivity (Wildman–Crippen MR) is 102 cm³/mol. The lowest BCUT2D eigenvalue weighted by atomic mass is 10.1. The standard InChI is InChI=1S/C19H18N4OS/c1-23-14-20-22-19(23)25-13-18(24)21-17-11-9-16(10-12-17)8-7-15-5-3-2-4-6-15/h2-12,14H,13H2,1H3,(H,21,24)/b8-7-. The van der Waals surface area contributed by atoms with Crippen LogP contribution in [0.1, 0.15) is 11.1 Å². The Balaban J connectivity index is 1.52. The fraction of sp³-hybridized carbons (Fsp3) is 0.105. The molecule has 0 spiro atoms. The van der Waals surface area contributed by atoms with Gasteiger partial charge in [0.15, 0.2) is 5.16 Å². The summed E-state index contributed by atoms with van der Waals surface area (Å²) in [6.07, 6.45) is 5.72. The third-order valence-corrected chi connectivity index (χ3v) is 4.50. The quantitative estimate of drug-likeness (QED) is 0.544. The Hall–Kier alpha value is -2.86. The molecule has 0 unspecified atom stereocenters. The fourth-order valence-electron chi connectivity index (χ4n) is 2.16. The van der Waals surface area contributed by atoms with Gasteiger partial charge >= 0.3 is 0 Å². The molecule has 0 fully saturated rings. The van der Waals surface area contributed by atoms with Crippen LogP contribution in [0.2, 0.25) is 0 Å². The molecule has 25 heavy (non-hydrogen) atoms. The first kappa shape index (κ1) is 17.0. The van der Waals surface area contributed by atoms with Crippen molar-refractivity contribution in [3.63, 3.8) is 0 Å². The van der Waals surface area contributed by atoms with Crippen molar-refractivity contribution >= 4 is 35.5 Å². The fourth-order valence-corrected chi connectivity index (χ4v) is 2.85. The first-order chi connectivity index (χ1) is 12.2. The van der Waals surface area contributed by atoms with Crippen LogP contribution < -0.4 is 5.32 Å². The molecule has 3 rings (SSSR count). The third kappa shape index (κ3) is 5.06. The first-order valence-corrected chi connectivity index (χ1v) is 8.79. The molecule has 126 valence electrons. The van der Waals surface area contributed by atoms with Gasteiger partial charge in [-0.3, -0.25) is 4.79 Å². The van der Waals surface area contributed by atoms with Gasteiger partial charge in [-0.25, -0.2) is 0 Å². The number of aromatic nitrogens is 3. The lowest BCUT2D eigenvalue weighted by Gasteiger charge is -2.05. The monoisotopic (exact) mass is 350 g/mol. The number of thioether (sulfide) groups is 1. The van der Waals surface area contributed by atoms with Crippen molar-refractivity contribution in [2.24, 2.45) is 7.05 Å². The van der Waals surface area contributed by atoms with Crippen LogP contribution in [0, 0.1) is 0 Å². The van der Waals surface area contributed by atoms with Gasteiger partial charge in [0.05, 0.1) is 5.75 Å². The zero-order valence-corrected chi connectivity index (χ0v) is 14.6. The highest BCUT2D eigenvalue weighted by molar-refractivity contribution is 7.99. The van der Waals surface area contributed by atoms with Gasteiger partial charge in [0, 0.05) is 12.7 Å². The summed E-state index contributed by atoms with van der Waals surface area (Å²) in [5.74, 6) is 0.225. The van der Waals surface area contributed by atoms with E-state index in [1.807, 2.05) is 55.6 Å². The molecule has 0 atom stereocenters. The van der Waals surface area contributed by atoms with Crippen LogP contribution in [0.25, 0.3) is 12.2 Å². The van der Waals surface area contributed by atoms with E-state index in [9.17, 15) is 4.79 Å². The molecule has 0 saturated heterocycles. The number of carbonyl (C=O) groups excluding carboxylic acids is 1. The highest BCUT2D eigenvalue weighted by atomic mass is 32.2. The Kier molecular flexibility index (Phi) is 5.64. The molecule has 2 aromatic carbocycles. The van der Waals surface area contributed by atoms with Gasteiger partial charge in [-0.05, 0) is 23.3 Å². The maximum Gasteiger partial charge on any atom is 0.234 e. The van der Waals surface area contributed by atoms with Crippen LogP contribution in [-0.2, 0) is 11.8 Å². The minimum atomic E-state index is -0.0689. The summed E-state index contributed by atoms with van der Waals surface area (Å²) < 4.78 is 1.78. The molecule has 6 heteroatoms. The summed E-state index contributed by atoms with van der Waals surface area (Å²) in [4.78, 5) is 12.0. The van der Waals surface area contributed by atoms with Crippen molar-refractivity contribution in [3.05, 3.63) is 72.1 Å². The second-order valence-corrected chi connectivity index (χ2v) is 6.37. The zero-order chi connectivity index (χ0) is 17.5. The molecule has 0 saturated carbocycles. The third-order valence-electron chi connectivity index (χ3n) is 3.46. The van der Waals surface area contributed by atoms with Gasteiger partial charge in [0.25, 0.3) is 0 Å². The number of amides is 1. The number of carbonyl (C=O) groups is 1. The SMILES string of the molecule is Cn1cnnc1SCC(=O)Nc1ccc(/C=C\c2ccccc2)cc1. The van der Waals surface area contributed by atoms with Crippen molar-refractivity contribution in [3.8, 4) is 0 Å². The first-order valence-electron chi connectivity index (χ1n) is 7.80. The van der Waals surface area contributed by atoms with Gasteiger partial charge in [-0.1, -0.05) is 66.4 Å². The van der Waals surface area contributed by atoms with E-state index in [0.717, 1.165) is 22.0 Å². The van der Waals surface area contributed by atoms with Crippen LogP contribution in [0.3, 0.4) is 0 Å². The van der Waals surface area contributed by atoms with E-state index in [2.05, 4.69) is 33.7 Å². The van der Waals surface area contributed by atoms with Gasteiger partial charge in [-0.15, -0.1) is 10.2 Å². The number of hydrogen-bond donors (Lipinski definition) is 1. The number of benzene rings is 2. The topological polar surface area (TPSA) is 59.8 Å². The average molecular weight is 350 g/mol. The number of nitrogens with zero attached hydrogens (tertiary/aromatic N) is 3. The number of anilines is 1. The maximum atomic E-state index is 12.0. The van der Waals surface area contributed by atoms with E-state index in [1.54, 1.807) is 10.9 Å². The highest BCUT2D eigenvalue weighted by Crippen LogP contribution is 2.16. The smallest absolute Gasteiger partial charge is 0.234 e. The summed E-state index contributed by atoms with van der Waals surface area (Å²) in [5, 5.41) is 11.3. The molecule has 0 aliphatic carbocycles. The van der Waals surface area contributed by atoms with Crippen molar-refractivity contribution < 1.29 is 4.79 Å². The van der Waals surface area contributed by atoms with Crippen molar-refractivity contribution in [1.29, 1.82) is 0 Å². The lowest BCUT2D eigenvalue weighted by Crippen LogP contribution is -2.14. The lowest BCUT2D eigenvalue weighted by molar-refractivity contribution is -0.113. The molecule has 1 amide bonds. The average Bonchev–Trinajstić information content (AvgIpc) is 3.05. The normalized spacial score (nSPS) is 10.9. The van der Waals surface area contributed by atoms with Crippen molar-refractivity contribution in [2.45, 2.75) is 5.16 Å². The van der Waals surface area contributed by atoms with E-state index in [-0.39, 0.29) is 5.91 Å². The molecule has 1 heterocycles. The summed E-state index contributed by atoms with van der Waals surface area (Å²) in [5.41, 5.74) is 3.01. The molecule has 5 nitrogen and oxygen atoms in total. The molecule has 0 radical (unpaired) electrons. The Morgan fingerprint density at radius 1 is 1.08 bits per heavy atom. The number of hydrogen-bond acceptors (Lipinski definition) is 4. The Labute approximate surface area is 150 Å². The van der Waals surface area contributed by atoms with E-state index in [1.165, 1.54) is 11.8 Å². The molecule has 3 aromatic rings. The molecular weight excluding hydrogens is 332 g/mol. The number of nitrogens with one attached hydrogen (secondary N) is 1. The Morgan fingerprint density at radius 2 is 1.76 bits per heavy atom. The largest absolute Gasteiger partial charge is 0.325 e. The van der Waals surface area contributed by atoms with E-state index < -0.39 is 0 Å². The zero-order valence-electron chi connectivity index (χ0n) is 13.8. The molecule has 0 aliphatic rings. The molecular formula is C19H18N4OS. The van der Waals surface area contributed by atoms with Crippen LogP contribution in [0.5, 0.6) is 0 Å². The Bertz CT molecular complexity index is 857. The minimum absolute atomic E-state index is 0.0689. The van der Waals surface area contributed by atoms with Gasteiger partial charge in [0.2, 0.25) is 5.91 Å². The van der Waals surface area contributed by atoms with Crippen LogP contribution in [0.4, 0.5) is 5.69 Å². The molecule has 1 N–H and O–H groups in total. The van der Waals surface area contributed by atoms with Crippen LogP contribution in [-0.4, -0.2) is 26.4 Å². The number of aryl methyl sites for hydroxylation is 1. The second kappa shape index (κ2) is 8.30. The van der Waals surface area contributed by atoms with E-state index in [0.29, 0.717) is 5.75 Å². The van der Waals surface area contributed by atoms with Crippen LogP contribution in [0.15, 0.2) is 66.1 Å². The Morgan fingerprint density at radius 3 is 2.40 bits per heavy atom. The highest BCUT2D eigenvalue weighted by Gasteiger charge is 2.07. The van der Waals surface area contributed by atoms with E-state index in [4.69, 9.17) is 0 Å². The van der Waals surface area contributed by atoms with E-state index >= 15 is 0 Å². The summed E-state index contributed by atoms with van der Waals surface area (Å²) in [6, 6.07) is 17.9. The van der Waals surface area contributed by atoms with Gasteiger partial charge in [-0.2, -0.15) is 0 Å². The minimum Gasteiger partial charge on any atom is -0.325 e.